The lowest BCUT2D eigenvalue weighted by atomic mass is 9.76. The molecule has 0 bridgehead atoms. The summed E-state index contributed by atoms with van der Waals surface area (Å²) in [4.78, 5) is 0. The minimum Gasteiger partial charge on any atom is -0.328 e. The van der Waals surface area contributed by atoms with Crippen molar-refractivity contribution in [3.63, 3.8) is 0 Å². The first-order chi connectivity index (χ1) is 7.27. The lowest BCUT2D eigenvalue weighted by Gasteiger charge is -2.37. The molecule has 0 aliphatic rings. The van der Waals surface area contributed by atoms with E-state index in [0.29, 0.717) is 0 Å². The zero-order valence-corrected chi connectivity index (χ0v) is 12.6. The molecule has 0 rings (SSSR count). The van der Waals surface area contributed by atoms with Gasteiger partial charge < -0.3 is 5.73 Å². The molecule has 0 aliphatic heterocycles. The van der Waals surface area contributed by atoms with Crippen molar-refractivity contribution in [1.29, 1.82) is 0 Å². The maximum Gasteiger partial charge on any atom is 0.155 e. The first kappa shape index (κ1) is 16.8. The second-order valence-electron chi connectivity index (χ2n) is 6.60. The molecule has 0 aromatic rings. The van der Waals surface area contributed by atoms with Crippen LogP contribution in [0.1, 0.15) is 48.0 Å². The molecule has 0 aromatic carbocycles. The maximum absolute atomic E-state index is 14.6. The first-order valence-corrected chi connectivity index (χ1v) is 7.53. The number of rotatable bonds is 4. The highest BCUT2D eigenvalue weighted by molar-refractivity contribution is 7.92. The van der Waals surface area contributed by atoms with Gasteiger partial charge in [0.2, 0.25) is 0 Å². The fourth-order valence-corrected chi connectivity index (χ4v) is 2.59. The summed E-state index contributed by atoms with van der Waals surface area (Å²) in [7, 11) is -3.30. The first-order valence-electron chi connectivity index (χ1n) is 5.88. The Bertz CT molecular complexity index is 352. The summed E-state index contributed by atoms with van der Waals surface area (Å²) in [6.45, 7) is 9.94. The molecule has 3 nitrogen and oxygen atoms in total. The van der Waals surface area contributed by atoms with Crippen LogP contribution < -0.4 is 5.73 Å². The van der Waals surface area contributed by atoms with Gasteiger partial charge in [-0.15, -0.1) is 0 Å². The van der Waals surface area contributed by atoms with Crippen molar-refractivity contribution in [3.8, 4) is 0 Å². The predicted molar refractivity (Wildman–Crippen MR) is 70.5 cm³/mol. The van der Waals surface area contributed by atoms with Crippen molar-refractivity contribution >= 4 is 9.84 Å². The van der Waals surface area contributed by atoms with Crippen molar-refractivity contribution in [2.24, 2.45) is 11.1 Å². The molecule has 0 fully saturated rings. The molecule has 104 valence electrons. The minimum absolute atomic E-state index is 0.0490. The van der Waals surface area contributed by atoms with Crippen LogP contribution in [0, 0.1) is 5.41 Å². The topological polar surface area (TPSA) is 60.2 Å². The molecule has 0 aromatic heterocycles. The molecule has 0 aliphatic carbocycles. The SMILES string of the molecule is CC(C)(C)C(F)(CN)CCS(=O)(=O)C(C)(C)C. The van der Waals surface area contributed by atoms with Gasteiger partial charge in [0.15, 0.2) is 9.84 Å². The van der Waals surface area contributed by atoms with Gasteiger partial charge in [0, 0.05) is 6.54 Å². The van der Waals surface area contributed by atoms with Crippen LogP contribution >= 0.6 is 0 Å². The fourth-order valence-electron chi connectivity index (χ4n) is 1.39. The van der Waals surface area contributed by atoms with E-state index in [9.17, 15) is 12.8 Å². The normalized spacial score (nSPS) is 17.9. The number of alkyl halides is 1. The summed E-state index contributed by atoms with van der Waals surface area (Å²) < 4.78 is 37.6. The number of hydrogen-bond acceptors (Lipinski definition) is 3. The molecule has 0 saturated heterocycles. The zero-order chi connectivity index (χ0) is 14.1. The Morgan fingerprint density at radius 1 is 1.06 bits per heavy atom. The number of halogens is 1. The highest BCUT2D eigenvalue weighted by Gasteiger charge is 2.43. The Hall–Kier alpha value is -0.160. The van der Waals surface area contributed by atoms with Gasteiger partial charge in [-0.3, -0.25) is 0 Å². The molecule has 0 spiro atoms. The highest BCUT2D eigenvalue weighted by Crippen LogP contribution is 2.37. The van der Waals surface area contributed by atoms with Crippen LogP contribution in [0.25, 0.3) is 0 Å². The smallest absolute Gasteiger partial charge is 0.155 e. The molecule has 1 atom stereocenters. The van der Waals surface area contributed by atoms with Crippen LogP contribution in [-0.4, -0.2) is 31.1 Å². The second-order valence-corrected chi connectivity index (χ2v) is 9.46. The van der Waals surface area contributed by atoms with E-state index in [2.05, 4.69) is 0 Å². The monoisotopic (exact) mass is 267 g/mol. The van der Waals surface area contributed by atoms with E-state index in [1.807, 2.05) is 0 Å². The Morgan fingerprint density at radius 3 is 1.71 bits per heavy atom. The van der Waals surface area contributed by atoms with E-state index in [4.69, 9.17) is 5.73 Å². The summed E-state index contributed by atoms with van der Waals surface area (Å²) in [5, 5.41) is 0. The van der Waals surface area contributed by atoms with Crippen molar-refractivity contribution < 1.29 is 12.8 Å². The number of sulfone groups is 1. The summed E-state index contributed by atoms with van der Waals surface area (Å²) in [6, 6.07) is 0. The third-order valence-electron chi connectivity index (χ3n) is 3.37. The summed E-state index contributed by atoms with van der Waals surface area (Å²) in [5.74, 6) is -0.165. The minimum atomic E-state index is -3.30. The van der Waals surface area contributed by atoms with Crippen LogP contribution in [0.4, 0.5) is 4.39 Å². The molecular formula is C12H26FNO2S. The third kappa shape index (κ3) is 3.91. The maximum atomic E-state index is 14.6. The van der Waals surface area contributed by atoms with Gasteiger partial charge in [-0.1, -0.05) is 20.8 Å². The van der Waals surface area contributed by atoms with Crippen molar-refractivity contribution in [3.05, 3.63) is 0 Å². The molecule has 0 radical (unpaired) electrons. The highest BCUT2D eigenvalue weighted by atomic mass is 32.2. The quantitative estimate of drug-likeness (QED) is 0.850. The summed E-state index contributed by atoms with van der Waals surface area (Å²) in [5.41, 5.74) is 3.16. The van der Waals surface area contributed by atoms with E-state index in [-0.39, 0.29) is 18.7 Å². The molecule has 1 unspecified atom stereocenters. The summed E-state index contributed by atoms with van der Waals surface area (Å²) >= 11 is 0. The lowest BCUT2D eigenvalue weighted by Crippen LogP contribution is -2.47. The zero-order valence-electron chi connectivity index (χ0n) is 11.8. The van der Waals surface area contributed by atoms with Gasteiger partial charge in [0.1, 0.15) is 5.67 Å². The van der Waals surface area contributed by atoms with Gasteiger partial charge in [-0.05, 0) is 32.6 Å². The Balaban J connectivity index is 4.90. The van der Waals surface area contributed by atoms with Gasteiger partial charge in [-0.25, -0.2) is 12.8 Å². The molecular weight excluding hydrogens is 241 g/mol. The molecule has 17 heavy (non-hydrogen) atoms. The van der Waals surface area contributed by atoms with E-state index >= 15 is 0 Å². The van der Waals surface area contributed by atoms with Crippen molar-refractivity contribution in [2.45, 2.75) is 58.4 Å². The van der Waals surface area contributed by atoms with Crippen LogP contribution in [0.3, 0.4) is 0 Å². The molecule has 0 heterocycles. The van der Waals surface area contributed by atoms with E-state index < -0.39 is 25.7 Å². The molecule has 0 amide bonds. The average molecular weight is 267 g/mol. The Kier molecular flexibility index (Phi) is 4.80. The van der Waals surface area contributed by atoms with Gasteiger partial charge in [0.05, 0.1) is 10.5 Å². The fraction of sp³-hybridized carbons (Fsp3) is 1.00. The molecule has 2 N–H and O–H groups in total. The Morgan fingerprint density at radius 2 is 1.47 bits per heavy atom. The molecule has 0 saturated carbocycles. The lowest BCUT2D eigenvalue weighted by molar-refractivity contribution is 0.0348. The number of hydrogen-bond donors (Lipinski definition) is 1. The number of nitrogens with two attached hydrogens (primary N) is 1. The van der Waals surface area contributed by atoms with E-state index in [1.54, 1.807) is 41.5 Å². The molecule has 5 heteroatoms. The van der Waals surface area contributed by atoms with Gasteiger partial charge in [0.25, 0.3) is 0 Å². The Labute approximate surface area is 105 Å². The van der Waals surface area contributed by atoms with E-state index in [0.717, 1.165) is 0 Å². The van der Waals surface area contributed by atoms with Crippen LogP contribution in [-0.2, 0) is 9.84 Å². The second kappa shape index (κ2) is 4.84. The van der Waals surface area contributed by atoms with E-state index in [1.165, 1.54) is 0 Å². The van der Waals surface area contributed by atoms with Crippen molar-refractivity contribution in [2.75, 3.05) is 12.3 Å². The third-order valence-corrected chi connectivity index (χ3v) is 5.98. The van der Waals surface area contributed by atoms with Crippen molar-refractivity contribution in [1.82, 2.24) is 0 Å². The van der Waals surface area contributed by atoms with Crippen LogP contribution in [0.5, 0.6) is 0 Å². The largest absolute Gasteiger partial charge is 0.328 e. The van der Waals surface area contributed by atoms with Crippen LogP contribution in [0.2, 0.25) is 0 Å². The van der Waals surface area contributed by atoms with Crippen LogP contribution in [0.15, 0.2) is 0 Å². The average Bonchev–Trinajstić information content (AvgIpc) is 2.10. The summed E-state index contributed by atoms with van der Waals surface area (Å²) in [6.07, 6.45) is -0.0490. The standard InChI is InChI=1S/C12H26FNO2S/c1-10(2,3)12(13,9-14)7-8-17(15,16)11(4,5)6/h7-9,14H2,1-6H3. The van der Waals surface area contributed by atoms with Gasteiger partial charge in [-0.2, -0.15) is 0 Å². The predicted octanol–water partition coefficient (Wildman–Crippen LogP) is 2.30. The van der Waals surface area contributed by atoms with Gasteiger partial charge >= 0.3 is 0 Å².